The molecule has 0 amide bonds. The first-order valence-electron chi connectivity index (χ1n) is 6.77. The van der Waals surface area contributed by atoms with E-state index in [1.54, 1.807) is 0 Å². The molecule has 0 saturated carbocycles. The molecule has 1 rings (SSSR count). The zero-order valence-electron chi connectivity index (χ0n) is 12.4. The predicted octanol–water partition coefficient (Wildman–Crippen LogP) is 3.36. The highest BCUT2D eigenvalue weighted by Gasteiger charge is 2.18. The second kappa shape index (κ2) is 6.35. The van der Waals surface area contributed by atoms with Gasteiger partial charge >= 0.3 is 0 Å². The van der Waals surface area contributed by atoms with Crippen LogP contribution in [0, 0.1) is 19.3 Å². The van der Waals surface area contributed by atoms with Gasteiger partial charge in [-0.1, -0.05) is 37.6 Å². The molecule has 1 atom stereocenters. The van der Waals surface area contributed by atoms with Crippen molar-refractivity contribution in [2.24, 2.45) is 5.41 Å². The van der Waals surface area contributed by atoms with Crippen LogP contribution in [0.4, 0.5) is 0 Å². The quantitative estimate of drug-likeness (QED) is 0.810. The topological polar surface area (TPSA) is 32.3 Å². The van der Waals surface area contributed by atoms with Crippen LogP contribution in [-0.4, -0.2) is 18.3 Å². The molecule has 0 radical (unpaired) electrons. The summed E-state index contributed by atoms with van der Waals surface area (Å²) in [6.45, 7) is 12.0. The largest absolute Gasteiger partial charge is 0.396 e. The van der Waals surface area contributed by atoms with Gasteiger partial charge in [0, 0.05) is 19.2 Å². The smallest absolute Gasteiger partial charge is 0.0436 e. The average molecular weight is 249 g/mol. The maximum atomic E-state index is 9.04. The standard InChI is InChI=1S/C16H27NO/c1-12-6-7-13(2)15(10-12)14(3)17-11-16(4,5)8-9-18/h6-7,10,14,17-18H,8-9,11H2,1-5H3. The van der Waals surface area contributed by atoms with Crippen LogP contribution in [0.2, 0.25) is 0 Å². The molecule has 0 heterocycles. The Morgan fingerprint density at radius 2 is 1.94 bits per heavy atom. The van der Waals surface area contributed by atoms with E-state index < -0.39 is 0 Å². The molecule has 0 spiro atoms. The van der Waals surface area contributed by atoms with E-state index in [4.69, 9.17) is 5.11 Å². The van der Waals surface area contributed by atoms with Crippen LogP contribution in [0.25, 0.3) is 0 Å². The first kappa shape index (κ1) is 15.2. The summed E-state index contributed by atoms with van der Waals surface area (Å²) in [4.78, 5) is 0. The van der Waals surface area contributed by atoms with Gasteiger partial charge in [-0.05, 0) is 43.7 Å². The lowest BCUT2D eigenvalue weighted by Gasteiger charge is -2.27. The first-order valence-corrected chi connectivity index (χ1v) is 6.77. The minimum atomic E-state index is 0.140. The number of hydrogen-bond donors (Lipinski definition) is 2. The maximum Gasteiger partial charge on any atom is 0.0436 e. The number of nitrogens with one attached hydrogen (secondary N) is 1. The fourth-order valence-electron chi connectivity index (χ4n) is 2.16. The Kier molecular flexibility index (Phi) is 5.36. The minimum absolute atomic E-state index is 0.140. The van der Waals surface area contributed by atoms with Crippen molar-refractivity contribution in [1.82, 2.24) is 5.32 Å². The van der Waals surface area contributed by atoms with Crippen LogP contribution in [-0.2, 0) is 0 Å². The third-order valence-corrected chi connectivity index (χ3v) is 3.58. The molecule has 1 aromatic rings. The highest BCUT2D eigenvalue weighted by atomic mass is 16.3. The van der Waals surface area contributed by atoms with Crippen molar-refractivity contribution >= 4 is 0 Å². The van der Waals surface area contributed by atoms with Crippen molar-refractivity contribution in [2.75, 3.05) is 13.2 Å². The summed E-state index contributed by atoms with van der Waals surface area (Å²) in [5.74, 6) is 0. The Balaban J connectivity index is 2.65. The maximum absolute atomic E-state index is 9.04. The van der Waals surface area contributed by atoms with Gasteiger partial charge < -0.3 is 10.4 Å². The van der Waals surface area contributed by atoms with Crippen LogP contribution in [0.5, 0.6) is 0 Å². The number of rotatable bonds is 6. The van der Waals surface area contributed by atoms with Crippen LogP contribution >= 0.6 is 0 Å². The van der Waals surface area contributed by atoms with Crippen molar-refractivity contribution in [2.45, 2.75) is 47.1 Å². The molecule has 0 fully saturated rings. The Morgan fingerprint density at radius 1 is 1.28 bits per heavy atom. The van der Waals surface area contributed by atoms with Gasteiger partial charge in [0.2, 0.25) is 0 Å². The molecule has 0 aromatic heterocycles. The molecule has 1 aromatic carbocycles. The van der Waals surface area contributed by atoms with Gasteiger partial charge in [-0.3, -0.25) is 0 Å². The summed E-state index contributed by atoms with van der Waals surface area (Å²) in [5, 5.41) is 12.6. The molecular formula is C16H27NO. The normalized spacial score (nSPS) is 13.7. The van der Waals surface area contributed by atoms with Crippen molar-refractivity contribution in [3.05, 3.63) is 34.9 Å². The third kappa shape index (κ3) is 4.43. The van der Waals surface area contributed by atoms with Crippen molar-refractivity contribution in [3.63, 3.8) is 0 Å². The number of aryl methyl sites for hydroxylation is 2. The molecule has 0 bridgehead atoms. The van der Waals surface area contributed by atoms with E-state index in [0.29, 0.717) is 6.04 Å². The van der Waals surface area contributed by atoms with Gasteiger partial charge in [0.25, 0.3) is 0 Å². The van der Waals surface area contributed by atoms with E-state index >= 15 is 0 Å². The molecule has 102 valence electrons. The molecule has 0 aliphatic carbocycles. The summed E-state index contributed by atoms with van der Waals surface area (Å²) in [7, 11) is 0. The van der Waals surface area contributed by atoms with Crippen molar-refractivity contribution in [1.29, 1.82) is 0 Å². The number of hydrogen-bond acceptors (Lipinski definition) is 2. The molecule has 2 nitrogen and oxygen atoms in total. The number of aliphatic hydroxyl groups excluding tert-OH is 1. The first-order chi connectivity index (χ1) is 8.35. The van der Waals surface area contributed by atoms with E-state index in [1.807, 2.05) is 0 Å². The molecule has 18 heavy (non-hydrogen) atoms. The Bertz CT molecular complexity index is 385. The second-order valence-corrected chi connectivity index (χ2v) is 6.10. The molecule has 2 heteroatoms. The Hall–Kier alpha value is -0.860. The highest BCUT2D eigenvalue weighted by Crippen LogP contribution is 2.22. The summed E-state index contributed by atoms with van der Waals surface area (Å²) >= 11 is 0. The summed E-state index contributed by atoms with van der Waals surface area (Å²) in [6.07, 6.45) is 0.833. The SMILES string of the molecule is Cc1ccc(C)c(C(C)NCC(C)(C)CCO)c1. The average Bonchev–Trinajstić information content (AvgIpc) is 2.29. The molecule has 1 unspecified atom stereocenters. The van der Waals surface area contributed by atoms with Gasteiger partial charge in [-0.2, -0.15) is 0 Å². The summed E-state index contributed by atoms with van der Waals surface area (Å²) < 4.78 is 0. The van der Waals surface area contributed by atoms with E-state index in [0.717, 1.165) is 13.0 Å². The number of benzene rings is 1. The zero-order chi connectivity index (χ0) is 13.8. The lowest BCUT2D eigenvalue weighted by atomic mass is 9.89. The third-order valence-electron chi connectivity index (χ3n) is 3.58. The fraction of sp³-hybridized carbons (Fsp3) is 0.625. The van der Waals surface area contributed by atoms with Crippen molar-refractivity contribution < 1.29 is 5.11 Å². The van der Waals surface area contributed by atoms with E-state index in [1.165, 1.54) is 16.7 Å². The zero-order valence-corrected chi connectivity index (χ0v) is 12.4. The minimum Gasteiger partial charge on any atom is -0.396 e. The molecule has 2 N–H and O–H groups in total. The lowest BCUT2D eigenvalue weighted by Crippen LogP contribution is -2.32. The van der Waals surface area contributed by atoms with Gasteiger partial charge in [0.1, 0.15) is 0 Å². The lowest BCUT2D eigenvalue weighted by molar-refractivity contribution is 0.203. The second-order valence-electron chi connectivity index (χ2n) is 6.10. The van der Waals surface area contributed by atoms with Crippen LogP contribution < -0.4 is 5.32 Å². The van der Waals surface area contributed by atoms with Gasteiger partial charge in [-0.15, -0.1) is 0 Å². The van der Waals surface area contributed by atoms with Gasteiger partial charge in [0.05, 0.1) is 0 Å². The van der Waals surface area contributed by atoms with Crippen LogP contribution in [0.1, 0.15) is 49.9 Å². The van der Waals surface area contributed by atoms with Gasteiger partial charge in [-0.25, -0.2) is 0 Å². The summed E-state index contributed by atoms with van der Waals surface area (Å²) in [6, 6.07) is 6.94. The Morgan fingerprint density at radius 3 is 2.56 bits per heavy atom. The molecular weight excluding hydrogens is 222 g/mol. The number of aliphatic hydroxyl groups is 1. The van der Waals surface area contributed by atoms with Gasteiger partial charge in [0.15, 0.2) is 0 Å². The van der Waals surface area contributed by atoms with Crippen LogP contribution in [0.3, 0.4) is 0 Å². The van der Waals surface area contributed by atoms with E-state index in [-0.39, 0.29) is 12.0 Å². The predicted molar refractivity (Wildman–Crippen MR) is 77.8 cm³/mol. The van der Waals surface area contributed by atoms with Crippen LogP contribution in [0.15, 0.2) is 18.2 Å². The molecule has 0 saturated heterocycles. The van der Waals surface area contributed by atoms with Crippen molar-refractivity contribution in [3.8, 4) is 0 Å². The fourth-order valence-corrected chi connectivity index (χ4v) is 2.16. The molecule has 0 aliphatic rings. The Labute approximate surface area is 111 Å². The summed E-state index contributed by atoms with van der Waals surface area (Å²) in [5.41, 5.74) is 4.15. The monoisotopic (exact) mass is 249 g/mol. The molecule has 0 aliphatic heterocycles. The van der Waals surface area contributed by atoms with E-state index in [2.05, 4.69) is 58.1 Å². The highest BCUT2D eigenvalue weighted by molar-refractivity contribution is 5.32. The van der Waals surface area contributed by atoms with E-state index in [9.17, 15) is 0 Å².